The SMILES string of the molecule is CCCCCCCCCC/C=C/C(O)C(COC1OC(CO)C(O)C(OS(=O)(=O)O)C1O)NC(=O)CCCCCCCCCCCCCCCCC/C=C\CCCCCCCCCCCCCC. The molecule has 7 atom stereocenters. The van der Waals surface area contributed by atoms with Gasteiger partial charge in [0.25, 0.3) is 0 Å². The lowest BCUT2D eigenvalue weighted by atomic mass is 9.99. The van der Waals surface area contributed by atoms with E-state index in [0.717, 1.165) is 38.5 Å². The molecule has 1 fully saturated rings. The largest absolute Gasteiger partial charge is 0.397 e. The molecule has 0 aromatic carbocycles. The van der Waals surface area contributed by atoms with E-state index in [1.807, 2.05) is 6.08 Å². The molecule has 0 spiro atoms. The maximum Gasteiger partial charge on any atom is 0.397 e. The number of unbranched alkanes of at least 4 members (excludes halogenated alkanes) is 35. The molecule has 6 N–H and O–H groups in total. The Morgan fingerprint density at radius 1 is 0.574 bits per heavy atom. The molecule has 1 rings (SSSR count). The Labute approximate surface area is 416 Å². The van der Waals surface area contributed by atoms with Gasteiger partial charge in [-0.1, -0.05) is 237 Å². The van der Waals surface area contributed by atoms with E-state index in [1.54, 1.807) is 6.08 Å². The van der Waals surface area contributed by atoms with Crippen LogP contribution in [-0.4, -0.2) is 95.4 Å². The number of carbonyl (C=O) groups is 1. The van der Waals surface area contributed by atoms with Gasteiger partial charge in [0, 0.05) is 6.42 Å². The van der Waals surface area contributed by atoms with Crippen molar-refractivity contribution < 1.29 is 51.8 Å². The quantitative estimate of drug-likeness (QED) is 0.0193. The molecule has 0 saturated carbocycles. The Balaban J connectivity index is 2.22. The van der Waals surface area contributed by atoms with Crippen LogP contribution in [0, 0.1) is 0 Å². The molecule has 0 radical (unpaired) electrons. The first-order valence-electron chi connectivity index (χ1n) is 28.2. The van der Waals surface area contributed by atoms with Gasteiger partial charge in [0.05, 0.1) is 25.4 Å². The Hall–Kier alpha value is -1.42. The molecule has 0 aliphatic carbocycles. The van der Waals surface area contributed by atoms with Gasteiger partial charge in [-0.05, 0) is 44.9 Å². The summed E-state index contributed by atoms with van der Waals surface area (Å²) in [7, 11) is -5.08. The predicted molar refractivity (Wildman–Crippen MR) is 278 cm³/mol. The second kappa shape index (κ2) is 45.4. The smallest absolute Gasteiger partial charge is 0.394 e. The second-order valence-corrected chi connectivity index (χ2v) is 20.9. The summed E-state index contributed by atoms with van der Waals surface area (Å²) in [6.45, 7) is 3.38. The van der Waals surface area contributed by atoms with Crippen LogP contribution in [0.1, 0.15) is 264 Å². The van der Waals surface area contributed by atoms with E-state index in [4.69, 9.17) is 9.47 Å². The summed E-state index contributed by atoms with van der Waals surface area (Å²) in [6.07, 6.45) is 46.9. The molecule has 1 amide bonds. The number of aliphatic hydroxyl groups excluding tert-OH is 4. The van der Waals surface area contributed by atoms with Crippen LogP contribution >= 0.6 is 0 Å². The first-order valence-corrected chi connectivity index (χ1v) is 29.6. The predicted octanol–water partition coefficient (Wildman–Crippen LogP) is 12.8. The zero-order chi connectivity index (χ0) is 49.8. The highest BCUT2D eigenvalue weighted by Crippen LogP contribution is 2.26. The molecule has 1 saturated heterocycles. The normalized spacial score (nSPS) is 19.9. The zero-order valence-corrected chi connectivity index (χ0v) is 44.3. The fraction of sp³-hybridized carbons (Fsp3) is 0.909. The van der Waals surface area contributed by atoms with Crippen molar-refractivity contribution >= 4 is 16.3 Å². The lowest BCUT2D eigenvalue weighted by Gasteiger charge is -2.41. The summed E-state index contributed by atoms with van der Waals surface area (Å²) in [4.78, 5) is 13.1. The first kappa shape index (κ1) is 64.6. The molecule has 7 unspecified atom stereocenters. The van der Waals surface area contributed by atoms with Gasteiger partial charge < -0.3 is 35.2 Å². The summed E-state index contributed by atoms with van der Waals surface area (Å²) >= 11 is 0. The molecule has 402 valence electrons. The number of ether oxygens (including phenoxy) is 2. The number of amides is 1. The molecule has 1 heterocycles. The summed E-state index contributed by atoms with van der Waals surface area (Å²) in [5.74, 6) is -0.261. The van der Waals surface area contributed by atoms with Crippen LogP contribution in [0.4, 0.5) is 0 Å². The molecule has 0 aromatic rings. The van der Waals surface area contributed by atoms with Crippen molar-refractivity contribution in [3.63, 3.8) is 0 Å². The van der Waals surface area contributed by atoms with Crippen molar-refractivity contribution in [2.45, 2.75) is 307 Å². The topological polar surface area (TPSA) is 192 Å². The summed E-state index contributed by atoms with van der Waals surface area (Å²) in [5, 5.41) is 44.7. The Bertz CT molecular complexity index is 1300. The standard InChI is InChI=1S/C55H105NO11S/c1-3-5-7-9-11-13-15-16-17-18-19-20-21-22-23-24-25-26-27-28-29-30-31-32-33-34-35-37-39-41-43-45-51(59)56-48(49(58)44-42-40-38-36-14-12-10-8-6-4-2)47-65-55-53(61)54(67-68(62,63)64)52(60)50(46-57)66-55/h22-23,42,44,48-50,52-55,57-58,60-61H,3-21,24-41,43,45-47H2,1-2H3,(H,56,59)(H,62,63,64)/b23-22-,44-42+. The molecule has 12 nitrogen and oxygen atoms in total. The van der Waals surface area contributed by atoms with E-state index in [-0.39, 0.29) is 18.9 Å². The van der Waals surface area contributed by atoms with Gasteiger partial charge in [-0.2, -0.15) is 8.42 Å². The van der Waals surface area contributed by atoms with E-state index in [0.29, 0.717) is 6.42 Å². The van der Waals surface area contributed by atoms with Crippen molar-refractivity contribution in [2.75, 3.05) is 13.2 Å². The maximum absolute atomic E-state index is 13.1. The van der Waals surface area contributed by atoms with Gasteiger partial charge in [0.2, 0.25) is 5.91 Å². The van der Waals surface area contributed by atoms with E-state index in [2.05, 4.69) is 35.5 Å². The lowest BCUT2D eigenvalue weighted by molar-refractivity contribution is -0.298. The molecular weight excluding hydrogens is 883 g/mol. The molecule has 13 heteroatoms. The Morgan fingerprint density at radius 2 is 0.941 bits per heavy atom. The minimum Gasteiger partial charge on any atom is -0.394 e. The third-order valence-electron chi connectivity index (χ3n) is 13.5. The molecular formula is C55H105NO11S. The average molecular weight is 989 g/mol. The second-order valence-electron chi connectivity index (χ2n) is 19.9. The minimum atomic E-state index is -5.08. The van der Waals surface area contributed by atoms with Crippen LogP contribution in [0.15, 0.2) is 24.3 Å². The highest BCUT2D eigenvalue weighted by atomic mass is 32.3. The summed E-state index contributed by atoms with van der Waals surface area (Å²) in [6, 6.07) is -0.940. The van der Waals surface area contributed by atoms with Crippen molar-refractivity contribution in [2.24, 2.45) is 0 Å². The number of allylic oxidation sites excluding steroid dienone is 3. The molecule has 0 bridgehead atoms. The van der Waals surface area contributed by atoms with Gasteiger partial charge in [0.1, 0.15) is 24.4 Å². The Morgan fingerprint density at radius 3 is 1.32 bits per heavy atom. The van der Waals surface area contributed by atoms with Gasteiger partial charge in [-0.25, -0.2) is 4.18 Å². The molecule has 1 aliphatic rings. The fourth-order valence-electron chi connectivity index (χ4n) is 9.10. The zero-order valence-electron chi connectivity index (χ0n) is 43.4. The van der Waals surface area contributed by atoms with Gasteiger partial charge >= 0.3 is 10.4 Å². The monoisotopic (exact) mass is 988 g/mol. The van der Waals surface area contributed by atoms with Crippen LogP contribution in [-0.2, 0) is 28.9 Å². The summed E-state index contributed by atoms with van der Waals surface area (Å²) in [5.41, 5.74) is 0. The van der Waals surface area contributed by atoms with Crippen LogP contribution in [0.2, 0.25) is 0 Å². The number of rotatable bonds is 49. The van der Waals surface area contributed by atoms with Crippen molar-refractivity contribution in [3.05, 3.63) is 24.3 Å². The van der Waals surface area contributed by atoms with E-state index in [1.165, 1.54) is 199 Å². The minimum absolute atomic E-state index is 0.261. The van der Waals surface area contributed by atoms with Gasteiger partial charge in [0.15, 0.2) is 6.29 Å². The van der Waals surface area contributed by atoms with Crippen LogP contribution in [0.5, 0.6) is 0 Å². The van der Waals surface area contributed by atoms with Crippen LogP contribution in [0.25, 0.3) is 0 Å². The molecule has 68 heavy (non-hydrogen) atoms. The number of hydrogen-bond acceptors (Lipinski definition) is 10. The van der Waals surface area contributed by atoms with Crippen LogP contribution < -0.4 is 5.32 Å². The van der Waals surface area contributed by atoms with Gasteiger partial charge in [-0.3, -0.25) is 9.35 Å². The van der Waals surface area contributed by atoms with Crippen LogP contribution in [0.3, 0.4) is 0 Å². The van der Waals surface area contributed by atoms with Crippen molar-refractivity contribution in [1.29, 1.82) is 0 Å². The third-order valence-corrected chi connectivity index (χ3v) is 13.9. The number of aliphatic hydroxyl groups is 4. The van der Waals surface area contributed by atoms with E-state index < -0.39 is 59.9 Å². The molecule has 0 aromatic heterocycles. The van der Waals surface area contributed by atoms with E-state index >= 15 is 0 Å². The average Bonchev–Trinajstić information content (AvgIpc) is 3.31. The first-order chi connectivity index (χ1) is 33.0. The number of carbonyl (C=O) groups excluding carboxylic acids is 1. The third kappa shape index (κ3) is 37.4. The number of nitrogens with one attached hydrogen (secondary N) is 1. The van der Waals surface area contributed by atoms with E-state index in [9.17, 15) is 38.2 Å². The van der Waals surface area contributed by atoms with Gasteiger partial charge in [-0.15, -0.1) is 0 Å². The Kier molecular flexibility index (Phi) is 43.2. The lowest BCUT2D eigenvalue weighted by Crippen LogP contribution is -2.61. The van der Waals surface area contributed by atoms with Crippen molar-refractivity contribution in [1.82, 2.24) is 5.32 Å². The maximum atomic E-state index is 13.1. The van der Waals surface area contributed by atoms with Crippen molar-refractivity contribution in [3.8, 4) is 0 Å². The number of hydrogen-bond donors (Lipinski definition) is 6. The summed E-state index contributed by atoms with van der Waals surface area (Å²) < 4.78 is 47.6. The molecule has 1 aliphatic heterocycles. The highest BCUT2D eigenvalue weighted by molar-refractivity contribution is 7.80. The highest BCUT2D eigenvalue weighted by Gasteiger charge is 2.48. The fourth-order valence-corrected chi connectivity index (χ4v) is 9.61.